The van der Waals surface area contributed by atoms with Gasteiger partial charge in [-0.05, 0) is 56.0 Å². The van der Waals surface area contributed by atoms with Crippen LogP contribution in [0.15, 0.2) is 48.5 Å². The van der Waals surface area contributed by atoms with E-state index in [1.165, 1.54) is 18.2 Å². The predicted octanol–water partition coefficient (Wildman–Crippen LogP) is 4.06. The van der Waals surface area contributed by atoms with Gasteiger partial charge in [-0.25, -0.2) is 9.18 Å². The zero-order valence-electron chi connectivity index (χ0n) is 18.1. The molecule has 168 valence electrons. The van der Waals surface area contributed by atoms with E-state index in [1.54, 1.807) is 0 Å². The average Bonchev–Trinajstić information content (AvgIpc) is 3.29. The van der Waals surface area contributed by atoms with Crippen molar-refractivity contribution < 1.29 is 23.4 Å². The molecule has 0 atom stereocenters. The van der Waals surface area contributed by atoms with Crippen LogP contribution in [-0.2, 0) is 9.47 Å². The molecule has 1 saturated carbocycles. The van der Waals surface area contributed by atoms with E-state index in [0.717, 1.165) is 44.3 Å². The third-order valence-electron chi connectivity index (χ3n) is 5.84. The molecule has 0 unspecified atom stereocenters. The minimum absolute atomic E-state index is 0.0388. The van der Waals surface area contributed by atoms with Crippen molar-refractivity contribution in [3.05, 3.63) is 65.5 Å². The Morgan fingerprint density at radius 1 is 1.09 bits per heavy atom. The first kappa shape index (κ1) is 22.3. The number of hydrogen-bond acceptors (Lipinski definition) is 5. The van der Waals surface area contributed by atoms with Crippen molar-refractivity contribution >= 4 is 5.97 Å². The van der Waals surface area contributed by atoms with Gasteiger partial charge in [-0.1, -0.05) is 30.0 Å². The maximum atomic E-state index is 14.6. The third kappa shape index (κ3) is 5.87. The largest absolute Gasteiger partial charge is 0.471 e. The summed E-state index contributed by atoms with van der Waals surface area (Å²) in [5.74, 6) is 5.44. The molecular formula is C26H28FNO4. The summed E-state index contributed by atoms with van der Waals surface area (Å²) >= 11 is 0. The monoisotopic (exact) mass is 437 g/mol. The van der Waals surface area contributed by atoms with Crippen LogP contribution < -0.4 is 4.74 Å². The second-order valence-electron chi connectivity index (χ2n) is 8.15. The molecule has 2 aromatic carbocycles. The number of nitrogens with zero attached hydrogens (tertiary/aromatic N) is 1. The van der Waals surface area contributed by atoms with Crippen molar-refractivity contribution in [3.63, 3.8) is 0 Å². The van der Waals surface area contributed by atoms with Crippen LogP contribution in [0.3, 0.4) is 0 Å². The molecule has 2 fully saturated rings. The summed E-state index contributed by atoms with van der Waals surface area (Å²) in [6.45, 7) is 3.98. The molecule has 32 heavy (non-hydrogen) atoms. The number of ether oxygens (including phenoxy) is 3. The van der Waals surface area contributed by atoms with Crippen LogP contribution in [0, 0.1) is 17.7 Å². The Morgan fingerprint density at radius 3 is 2.59 bits per heavy atom. The Labute approximate surface area is 188 Å². The topological polar surface area (TPSA) is 48.0 Å². The fourth-order valence-corrected chi connectivity index (χ4v) is 4.00. The van der Waals surface area contributed by atoms with Gasteiger partial charge >= 0.3 is 5.97 Å². The number of rotatable bonds is 6. The van der Waals surface area contributed by atoms with Crippen molar-refractivity contribution in [3.8, 4) is 17.6 Å². The van der Waals surface area contributed by atoms with Gasteiger partial charge in [-0.2, -0.15) is 0 Å². The van der Waals surface area contributed by atoms with Gasteiger partial charge in [0.1, 0.15) is 6.61 Å². The smallest absolute Gasteiger partial charge is 0.338 e. The highest BCUT2D eigenvalue weighted by Gasteiger charge is 2.35. The summed E-state index contributed by atoms with van der Waals surface area (Å²) in [4.78, 5) is 14.7. The summed E-state index contributed by atoms with van der Waals surface area (Å²) < 4.78 is 31.4. The van der Waals surface area contributed by atoms with Gasteiger partial charge < -0.3 is 14.2 Å². The van der Waals surface area contributed by atoms with E-state index in [2.05, 4.69) is 16.7 Å². The fourth-order valence-electron chi connectivity index (χ4n) is 4.00. The molecule has 4 rings (SSSR count). The molecule has 0 N–H and O–H groups in total. The molecule has 0 aromatic heterocycles. The summed E-state index contributed by atoms with van der Waals surface area (Å²) in [6, 6.07) is 13.8. The normalized spacial score (nSPS) is 17.9. The maximum Gasteiger partial charge on any atom is 0.338 e. The second kappa shape index (κ2) is 10.6. The van der Waals surface area contributed by atoms with Crippen molar-refractivity contribution in [1.29, 1.82) is 0 Å². The summed E-state index contributed by atoms with van der Waals surface area (Å²) in [5.41, 5.74) is 0.406. The molecule has 0 radical (unpaired) electrons. The lowest BCUT2D eigenvalue weighted by atomic mass is 10.0. The average molecular weight is 438 g/mol. The van der Waals surface area contributed by atoms with Crippen LogP contribution in [0.25, 0.3) is 0 Å². The maximum absolute atomic E-state index is 14.6. The van der Waals surface area contributed by atoms with Gasteiger partial charge in [-0.3, -0.25) is 4.90 Å². The number of esters is 1. The van der Waals surface area contributed by atoms with Crippen LogP contribution in [0.5, 0.6) is 5.75 Å². The minimum atomic E-state index is -0.754. The SMILES string of the molecule is O=C(OCCN1CCOCC1)c1ccc(F)c(OC2(C#Cc3ccccc3)CCCC2)c1. The predicted molar refractivity (Wildman–Crippen MR) is 119 cm³/mol. The first-order valence-corrected chi connectivity index (χ1v) is 11.2. The van der Waals surface area contributed by atoms with Crippen LogP contribution >= 0.6 is 0 Å². The molecule has 2 aliphatic rings. The quantitative estimate of drug-likeness (QED) is 0.504. The van der Waals surface area contributed by atoms with E-state index in [0.29, 0.717) is 19.8 Å². The molecule has 0 spiro atoms. The number of morpholine rings is 1. The van der Waals surface area contributed by atoms with Crippen LogP contribution in [0.4, 0.5) is 4.39 Å². The lowest BCUT2D eigenvalue weighted by Crippen LogP contribution is -2.38. The van der Waals surface area contributed by atoms with E-state index in [4.69, 9.17) is 14.2 Å². The Kier molecular flexibility index (Phi) is 7.41. The fraction of sp³-hybridized carbons (Fsp3) is 0.423. The molecule has 1 saturated heterocycles. The molecule has 2 aromatic rings. The summed E-state index contributed by atoms with van der Waals surface area (Å²) in [7, 11) is 0. The first-order chi connectivity index (χ1) is 15.6. The van der Waals surface area contributed by atoms with Crippen LogP contribution in [-0.4, -0.2) is 55.9 Å². The molecule has 1 aliphatic carbocycles. The van der Waals surface area contributed by atoms with Gasteiger partial charge in [0.15, 0.2) is 17.2 Å². The molecule has 1 aliphatic heterocycles. The third-order valence-corrected chi connectivity index (χ3v) is 5.84. The molecule has 0 bridgehead atoms. The van der Waals surface area contributed by atoms with Crippen molar-refractivity contribution in [2.75, 3.05) is 39.5 Å². The highest BCUT2D eigenvalue weighted by molar-refractivity contribution is 5.89. The Balaban J connectivity index is 1.43. The summed E-state index contributed by atoms with van der Waals surface area (Å²) in [6.07, 6.45) is 3.38. The second-order valence-corrected chi connectivity index (χ2v) is 8.15. The van der Waals surface area contributed by atoms with E-state index in [-0.39, 0.29) is 17.9 Å². The number of benzene rings is 2. The molecule has 6 heteroatoms. The first-order valence-electron chi connectivity index (χ1n) is 11.2. The highest BCUT2D eigenvalue weighted by atomic mass is 19.1. The van der Waals surface area contributed by atoms with E-state index in [1.807, 2.05) is 30.3 Å². The highest BCUT2D eigenvalue weighted by Crippen LogP contribution is 2.35. The van der Waals surface area contributed by atoms with Crippen LogP contribution in [0.1, 0.15) is 41.6 Å². The van der Waals surface area contributed by atoms with E-state index < -0.39 is 17.4 Å². The van der Waals surface area contributed by atoms with Crippen molar-refractivity contribution in [2.24, 2.45) is 0 Å². The van der Waals surface area contributed by atoms with Gasteiger partial charge in [0.25, 0.3) is 0 Å². The minimum Gasteiger partial charge on any atom is -0.471 e. The van der Waals surface area contributed by atoms with Crippen molar-refractivity contribution in [1.82, 2.24) is 4.90 Å². The zero-order valence-corrected chi connectivity index (χ0v) is 18.1. The number of carbonyl (C=O) groups is 1. The van der Waals surface area contributed by atoms with Gasteiger partial charge in [0, 0.05) is 25.2 Å². The lowest BCUT2D eigenvalue weighted by molar-refractivity contribution is 0.0195. The van der Waals surface area contributed by atoms with Gasteiger partial charge in [-0.15, -0.1) is 0 Å². The molecule has 1 heterocycles. The summed E-state index contributed by atoms with van der Waals surface area (Å²) in [5, 5.41) is 0. The van der Waals surface area contributed by atoms with Crippen molar-refractivity contribution in [2.45, 2.75) is 31.3 Å². The van der Waals surface area contributed by atoms with Crippen LogP contribution in [0.2, 0.25) is 0 Å². The van der Waals surface area contributed by atoms with E-state index in [9.17, 15) is 9.18 Å². The molecule has 0 amide bonds. The van der Waals surface area contributed by atoms with Gasteiger partial charge in [0.2, 0.25) is 0 Å². The molecular weight excluding hydrogens is 409 g/mol. The Bertz CT molecular complexity index is 970. The Hall–Kier alpha value is -2.88. The zero-order chi connectivity index (χ0) is 22.2. The van der Waals surface area contributed by atoms with E-state index >= 15 is 0 Å². The number of carbonyl (C=O) groups excluding carboxylic acids is 1. The number of halogens is 1. The van der Waals surface area contributed by atoms with Gasteiger partial charge in [0.05, 0.1) is 18.8 Å². The standard InChI is InChI=1S/C26H28FNO4/c27-23-9-8-22(25(29)31-19-16-28-14-17-30-18-15-28)20-24(23)32-26(11-4-5-12-26)13-10-21-6-2-1-3-7-21/h1-3,6-9,20H,4-5,11-12,14-19H2. The Morgan fingerprint density at radius 2 is 1.84 bits per heavy atom. The number of hydrogen-bond donors (Lipinski definition) is 0. The lowest BCUT2D eigenvalue weighted by Gasteiger charge is -2.26. The molecule has 5 nitrogen and oxygen atoms in total.